The SMILES string of the molecule is Cc1ccc(C(Cc2ccccc2)=NO)c(O)c1. The maximum atomic E-state index is 9.88. The van der Waals surface area contributed by atoms with Gasteiger partial charge in [0.15, 0.2) is 0 Å². The molecule has 0 heterocycles. The van der Waals surface area contributed by atoms with Crippen molar-refractivity contribution in [2.75, 3.05) is 0 Å². The third-order valence-corrected chi connectivity index (χ3v) is 2.80. The lowest BCUT2D eigenvalue weighted by Crippen LogP contribution is -2.06. The quantitative estimate of drug-likeness (QED) is 0.493. The van der Waals surface area contributed by atoms with Crippen molar-refractivity contribution in [1.29, 1.82) is 0 Å². The van der Waals surface area contributed by atoms with E-state index in [0.29, 0.717) is 17.7 Å². The first-order chi connectivity index (χ1) is 8.70. The van der Waals surface area contributed by atoms with Gasteiger partial charge in [0.1, 0.15) is 5.75 Å². The zero-order valence-corrected chi connectivity index (χ0v) is 10.2. The van der Waals surface area contributed by atoms with Crippen molar-refractivity contribution < 1.29 is 10.3 Å². The molecule has 0 aliphatic carbocycles. The molecule has 0 saturated carbocycles. The van der Waals surface area contributed by atoms with Crippen LogP contribution in [-0.2, 0) is 6.42 Å². The van der Waals surface area contributed by atoms with Crippen LogP contribution in [0.3, 0.4) is 0 Å². The van der Waals surface area contributed by atoms with Gasteiger partial charge in [-0.05, 0) is 30.2 Å². The fourth-order valence-electron chi connectivity index (χ4n) is 1.86. The van der Waals surface area contributed by atoms with Crippen molar-refractivity contribution in [1.82, 2.24) is 0 Å². The van der Waals surface area contributed by atoms with Crippen LogP contribution in [0.1, 0.15) is 16.7 Å². The van der Waals surface area contributed by atoms with Crippen molar-refractivity contribution in [2.45, 2.75) is 13.3 Å². The number of benzene rings is 2. The van der Waals surface area contributed by atoms with E-state index >= 15 is 0 Å². The predicted molar refractivity (Wildman–Crippen MR) is 71.3 cm³/mol. The molecule has 2 aromatic carbocycles. The van der Waals surface area contributed by atoms with Gasteiger partial charge in [-0.2, -0.15) is 0 Å². The van der Waals surface area contributed by atoms with E-state index in [0.717, 1.165) is 11.1 Å². The number of rotatable bonds is 3. The fraction of sp³-hybridized carbons (Fsp3) is 0.133. The summed E-state index contributed by atoms with van der Waals surface area (Å²) in [7, 11) is 0. The van der Waals surface area contributed by atoms with Crippen LogP contribution in [0.5, 0.6) is 5.75 Å². The number of phenolic OH excluding ortho intramolecular Hbond substituents is 1. The molecule has 0 atom stereocenters. The Hall–Kier alpha value is -2.29. The molecule has 0 spiro atoms. The summed E-state index contributed by atoms with van der Waals surface area (Å²) in [5, 5.41) is 22.3. The molecule has 0 radical (unpaired) electrons. The third kappa shape index (κ3) is 2.69. The van der Waals surface area contributed by atoms with Gasteiger partial charge in [0.25, 0.3) is 0 Å². The highest BCUT2D eigenvalue weighted by atomic mass is 16.4. The summed E-state index contributed by atoms with van der Waals surface area (Å²) in [5.41, 5.74) is 3.02. The van der Waals surface area contributed by atoms with Gasteiger partial charge in [-0.3, -0.25) is 0 Å². The van der Waals surface area contributed by atoms with Gasteiger partial charge >= 0.3 is 0 Å². The van der Waals surface area contributed by atoms with Gasteiger partial charge in [-0.1, -0.05) is 41.6 Å². The molecule has 92 valence electrons. The minimum absolute atomic E-state index is 0.138. The third-order valence-electron chi connectivity index (χ3n) is 2.80. The van der Waals surface area contributed by atoms with Gasteiger partial charge < -0.3 is 10.3 Å². The Balaban J connectivity index is 2.30. The Bertz CT molecular complexity index is 562. The van der Waals surface area contributed by atoms with Gasteiger partial charge in [0.05, 0.1) is 5.71 Å². The lowest BCUT2D eigenvalue weighted by molar-refractivity contribution is 0.318. The standard InChI is InChI=1S/C15H15NO2/c1-11-7-8-13(15(17)9-11)14(16-18)10-12-5-3-2-4-6-12/h2-9,17-18H,10H2,1H3. The monoisotopic (exact) mass is 241 g/mol. The summed E-state index contributed by atoms with van der Waals surface area (Å²) in [6.07, 6.45) is 0.480. The van der Waals surface area contributed by atoms with Gasteiger partial charge in [-0.15, -0.1) is 0 Å². The molecule has 0 unspecified atom stereocenters. The predicted octanol–water partition coefficient (Wildman–Crippen LogP) is 3.12. The molecule has 0 aliphatic rings. The molecule has 3 nitrogen and oxygen atoms in total. The zero-order valence-electron chi connectivity index (χ0n) is 10.2. The van der Waals surface area contributed by atoms with E-state index in [-0.39, 0.29) is 5.75 Å². The molecule has 0 aliphatic heterocycles. The van der Waals surface area contributed by atoms with Gasteiger partial charge in [0, 0.05) is 12.0 Å². The second-order valence-corrected chi connectivity index (χ2v) is 4.23. The van der Waals surface area contributed by atoms with Crippen LogP contribution in [0.4, 0.5) is 0 Å². The van der Waals surface area contributed by atoms with Crippen LogP contribution >= 0.6 is 0 Å². The van der Waals surface area contributed by atoms with E-state index in [1.54, 1.807) is 12.1 Å². The molecule has 0 bridgehead atoms. The van der Waals surface area contributed by atoms with E-state index in [2.05, 4.69) is 5.16 Å². The van der Waals surface area contributed by atoms with E-state index in [1.807, 2.05) is 43.3 Å². The Morgan fingerprint density at radius 2 is 1.83 bits per heavy atom. The molecular formula is C15H15NO2. The van der Waals surface area contributed by atoms with Crippen molar-refractivity contribution in [3.63, 3.8) is 0 Å². The molecule has 0 saturated heterocycles. The smallest absolute Gasteiger partial charge is 0.125 e. The molecular weight excluding hydrogens is 226 g/mol. The average molecular weight is 241 g/mol. The maximum Gasteiger partial charge on any atom is 0.125 e. The van der Waals surface area contributed by atoms with Crippen LogP contribution in [0.25, 0.3) is 0 Å². The summed E-state index contributed by atoms with van der Waals surface area (Å²) in [4.78, 5) is 0. The Morgan fingerprint density at radius 3 is 2.44 bits per heavy atom. The first-order valence-electron chi connectivity index (χ1n) is 5.75. The first kappa shape index (κ1) is 12.2. The van der Waals surface area contributed by atoms with Crippen molar-refractivity contribution in [3.05, 3.63) is 65.2 Å². The van der Waals surface area contributed by atoms with E-state index in [9.17, 15) is 5.11 Å². The lowest BCUT2D eigenvalue weighted by Gasteiger charge is -2.08. The minimum atomic E-state index is 0.138. The largest absolute Gasteiger partial charge is 0.507 e. The summed E-state index contributed by atoms with van der Waals surface area (Å²) < 4.78 is 0. The average Bonchev–Trinajstić information content (AvgIpc) is 2.38. The van der Waals surface area contributed by atoms with Crippen molar-refractivity contribution in [2.24, 2.45) is 5.16 Å². The Labute approximate surface area is 106 Å². The van der Waals surface area contributed by atoms with Crippen LogP contribution in [0.2, 0.25) is 0 Å². The summed E-state index contributed by atoms with van der Waals surface area (Å²) in [6.45, 7) is 1.90. The Morgan fingerprint density at radius 1 is 1.11 bits per heavy atom. The first-order valence-corrected chi connectivity index (χ1v) is 5.75. The van der Waals surface area contributed by atoms with E-state index < -0.39 is 0 Å². The number of phenols is 1. The fourth-order valence-corrected chi connectivity index (χ4v) is 1.86. The van der Waals surface area contributed by atoms with Crippen molar-refractivity contribution >= 4 is 5.71 Å². The number of hydrogen-bond acceptors (Lipinski definition) is 3. The topological polar surface area (TPSA) is 52.8 Å². The summed E-state index contributed by atoms with van der Waals surface area (Å²) >= 11 is 0. The molecule has 18 heavy (non-hydrogen) atoms. The minimum Gasteiger partial charge on any atom is -0.507 e. The second kappa shape index (κ2) is 5.36. The van der Waals surface area contributed by atoms with Crippen molar-refractivity contribution in [3.8, 4) is 5.75 Å². The van der Waals surface area contributed by atoms with Crippen LogP contribution in [0.15, 0.2) is 53.7 Å². The van der Waals surface area contributed by atoms with E-state index in [1.165, 1.54) is 0 Å². The van der Waals surface area contributed by atoms with E-state index in [4.69, 9.17) is 5.21 Å². The number of oxime groups is 1. The molecule has 0 fully saturated rings. The molecule has 0 amide bonds. The molecule has 3 heteroatoms. The number of nitrogens with zero attached hydrogens (tertiary/aromatic N) is 1. The maximum absolute atomic E-state index is 9.88. The highest BCUT2D eigenvalue weighted by Gasteiger charge is 2.10. The molecule has 0 aromatic heterocycles. The van der Waals surface area contributed by atoms with Gasteiger partial charge in [-0.25, -0.2) is 0 Å². The van der Waals surface area contributed by atoms with Crippen LogP contribution in [0, 0.1) is 6.92 Å². The number of aromatic hydroxyl groups is 1. The van der Waals surface area contributed by atoms with Crippen LogP contribution < -0.4 is 0 Å². The Kier molecular flexibility index (Phi) is 3.63. The molecule has 2 rings (SSSR count). The lowest BCUT2D eigenvalue weighted by atomic mass is 10.0. The normalized spacial score (nSPS) is 11.5. The highest BCUT2D eigenvalue weighted by Crippen LogP contribution is 2.21. The second-order valence-electron chi connectivity index (χ2n) is 4.23. The van der Waals surface area contributed by atoms with Gasteiger partial charge in [0.2, 0.25) is 0 Å². The molecule has 2 N–H and O–H groups in total. The summed E-state index contributed by atoms with van der Waals surface area (Å²) in [5.74, 6) is 0.138. The highest BCUT2D eigenvalue weighted by molar-refractivity contribution is 6.03. The molecule has 2 aromatic rings. The number of hydrogen-bond donors (Lipinski definition) is 2. The number of aryl methyl sites for hydroxylation is 1. The zero-order chi connectivity index (χ0) is 13.0. The summed E-state index contributed by atoms with van der Waals surface area (Å²) in [6, 6.07) is 15.0. The van der Waals surface area contributed by atoms with Crippen LogP contribution in [-0.4, -0.2) is 16.0 Å².